The number of alkyl halides is 2. The summed E-state index contributed by atoms with van der Waals surface area (Å²) in [6.07, 6.45) is 8.37. The Morgan fingerprint density at radius 3 is 2.42 bits per heavy atom. The highest BCUT2D eigenvalue weighted by Crippen LogP contribution is 2.41. The Balaban J connectivity index is 0.756. The van der Waals surface area contributed by atoms with E-state index < -0.39 is 48.0 Å². The molecule has 2 aliphatic carbocycles. The highest BCUT2D eigenvalue weighted by atomic mass is 19.3. The smallest absolute Gasteiger partial charge is 0.342 e. The van der Waals surface area contributed by atoms with Crippen LogP contribution in [0.5, 0.6) is 5.75 Å². The molecule has 1 aromatic heterocycles. The first kappa shape index (κ1) is 43.0. The van der Waals surface area contributed by atoms with Crippen LogP contribution < -0.4 is 35.4 Å². The Hall–Kier alpha value is -6.24. The van der Waals surface area contributed by atoms with Crippen LogP contribution >= 0.6 is 0 Å². The quantitative estimate of drug-likeness (QED) is 0.234. The number of anilines is 5. The van der Waals surface area contributed by atoms with Crippen molar-refractivity contribution in [3.05, 3.63) is 59.3 Å². The summed E-state index contributed by atoms with van der Waals surface area (Å²) in [5.41, 5.74) is 2.50. The number of piperidine rings is 2. The van der Waals surface area contributed by atoms with Crippen LogP contribution in [0, 0.1) is 5.92 Å². The molecular weight excluding hydrogens is 831 g/mol. The molecule has 3 aromatic rings. The van der Waals surface area contributed by atoms with Crippen molar-refractivity contribution in [2.45, 2.75) is 94.3 Å². The molecule has 17 nitrogen and oxygen atoms in total. The predicted octanol–water partition coefficient (Wildman–Crippen LogP) is 4.10. The van der Waals surface area contributed by atoms with Gasteiger partial charge in [-0.05, 0) is 94.3 Å². The molecule has 2 aromatic carbocycles. The summed E-state index contributed by atoms with van der Waals surface area (Å²) in [7, 11) is 4.92. The summed E-state index contributed by atoms with van der Waals surface area (Å²) in [6.45, 7) is 1.73. The lowest BCUT2D eigenvalue weighted by Gasteiger charge is -2.43. The molecule has 6 amide bonds. The SMILES string of the molecule is COc1cc(C(=O)NC2CC(N(C)CC3CCN(c4ccc5c(c4)C(=O)N(C4CCC(=O)NC4=O)C5=O)CC3)C2)ccc1Nc1ncc2c(n1)N(C1CCCC1)CC(F)(F)C(=O)N2C. The number of aromatic nitrogens is 2. The Morgan fingerprint density at radius 2 is 1.70 bits per heavy atom. The number of amides is 6. The Kier molecular flexibility index (Phi) is 11.5. The minimum absolute atomic E-state index is 0.0130. The maximum atomic E-state index is 15.1. The number of nitrogens with one attached hydrogen (secondary N) is 3. The molecule has 9 rings (SSSR count). The van der Waals surface area contributed by atoms with E-state index in [0.717, 1.165) is 86.5 Å². The largest absolute Gasteiger partial charge is 0.495 e. The summed E-state index contributed by atoms with van der Waals surface area (Å²) in [6, 6.07) is 9.41. The summed E-state index contributed by atoms with van der Waals surface area (Å²) in [5, 5.41) is 8.50. The van der Waals surface area contributed by atoms with Gasteiger partial charge in [-0.3, -0.25) is 39.0 Å². The van der Waals surface area contributed by atoms with Gasteiger partial charge >= 0.3 is 5.92 Å². The van der Waals surface area contributed by atoms with Gasteiger partial charge in [0.25, 0.3) is 23.6 Å². The second-order valence-electron chi connectivity index (χ2n) is 17.9. The van der Waals surface area contributed by atoms with E-state index in [2.05, 4.69) is 42.8 Å². The number of ether oxygens (including phenoxy) is 1. The van der Waals surface area contributed by atoms with Crippen LogP contribution in [0.3, 0.4) is 0 Å². The minimum Gasteiger partial charge on any atom is -0.495 e. The normalized spacial score (nSPS) is 23.8. The van der Waals surface area contributed by atoms with Gasteiger partial charge in [-0.15, -0.1) is 0 Å². The lowest BCUT2D eigenvalue weighted by molar-refractivity contribution is -0.140. The number of hydrogen-bond donors (Lipinski definition) is 3. The molecule has 5 heterocycles. The Bertz CT molecular complexity index is 2400. The van der Waals surface area contributed by atoms with Gasteiger partial charge in [-0.2, -0.15) is 13.8 Å². The minimum atomic E-state index is -3.58. The van der Waals surface area contributed by atoms with E-state index in [0.29, 0.717) is 29.0 Å². The molecule has 4 aliphatic heterocycles. The third-order valence-corrected chi connectivity index (χ3v) is 13.9. The van der Waals surface area contributed by atoms with Crippen molar-refractivity contribution in [1.29, 1.82) is 0 Å². The van der Waals surface area contributed by atoms with Crippen molar-refractivity contribution in [2.24, 2.45) is 5.92 Å². The molecule has 338 valence electrons. The zero-order valence-corrected chi connectivity index (χ0v) is 36.1. The molecular formula is C45H52F2N10O7. The zero-order valence-electron chi connectivity index (χ0n) is 36.1. The molecule has 19 heteroatoms. The van der Waals surface area contributed by atoms with Crippen molar-refractivity contribution in [3.8, 4) is 5.75 Å². The van der Waals surface area contributed by atoms with Crippen LogP contribution in [-0.2, 0) is 14.4 Å². The van der Waals surface area contributed by atoms with E-state index in [1.165, 1.54) is 20.4 Å². The number of carbonyl (C=O) groups excluding carboxylic acids is 6. The van der Waals surface area contributed by atoms with Crippen molar-refractivity contribution < 1.29 is 42.3 Å². The topological polar surface area (TPSA) is 190 Å². The fourth-order valence-electron chi connectivity index (χ4n) is 10.1. The van der Waals surface area contributed by atoms with E-state index in [9.17, 15) is 28.8 Å². The summed E-state index contributed by atoms with van der Waals surface area (Å²) >= 11 is 0. The number of imide groups is 2. The van der Waals surface area contributed by atoms with Gasteiger partial charge in [0.1, 0.15) is 17.5 Å². The highest BCUT2D eigenvalue weighted by Gasteiger charge is 2.49. The van der Waals surface area contributed by atoms with Crippen molar-refractivity contribution >= 4 is 64.3 Å². The number of benzene rings is 2. The van der Waals surface area contributed by atoms with Crippen LogP contribution in [0.4, 0.5) is 37.6 Å². The third-order valence-electron chi connectivity index (χ3n) is 13.9. The maximum absolute atomic E-state index is 15.1. The lowest BCUT2D eigenvalue weighted by atomic mass is 9.84. The first-order valence-electron chi connectivity index (χ1n) is 22.1. The number of halogens is 2. The fourth-order valence-corrected chi connectivity index (χ4v) is 10.1. The van der Waals surface area contributed by atoms with E-state index in [-0.39, 0.29) is 59.4 Å². The molecule has 64 heavy (non-hydrogen) atoms. The number of methoxy groups -OCH3 is 1. The van der Waals surface area contributed by atoms with E-state index in [1.54, 1.807) is 35.2 Å². The van der Waals surface area contributed by atoms with Gasteiger partial charge in [0, 0.05) is 62.5 Å². The average Bonchev–Trinajstić information content (AvgIpc) is 3.88. The number of nitrogens with zero attached hydrogens (tertiary/aromatic N) is 7. The highest BCUT2D eigenvalue weighted by molar-refractivity contribution is 6.23. The van der Waals surface area contributed by atoms with Crippen molar-refractivity contribution in [1.82, 2.24) is 30.4 Å². The molecule has 1 atom stereocenters. The molecule has 3 N–H and O–H groups in total. The van der Waals surface area contributed by atoms with Crippen LogP contribution in [0.15, 0.2) is 42.6 Å². The van der Waals surface area contributed by atoms with E-state index in [1.807, 2.05) is 6.07 Å². The van der Waals surface area contributed by atoms with Crippen LogP contribution in [-0.4, -0.2) is 133 Å². The van der Waals surface area contributed by atoms with Gasteiger partial charge in [-0.25, -0.2) is 4.98 Å². The zero-order chi connectivity index (χ0) is 45.0. The molecule has 0 bridgehead atoms. The molecule has 0 radical (unpaired) electrons. The van der Waals surface area contributed by atoms with Crippen LogP contribution in [0.1, 0.15) is 95.3 Å². The van der Waals surface area contributed by atoms with Gasteiger partial charge < -0.3 is 35.0 Å². The second kappa shape index (κ2) is 17.0. The van der Waals surface area contributed by atoms with Crippen LogP contribution in [0.25, 0.3) is 0 Å². The second-order valence-corrected chi connectivity index (χ2v) is 17.9. The lowest BCUT2D eigenvalue weighted by Crippen LogP contribution is -2.54. The number of carbonyl (C=O) groups is 6. The van der Waals surface area contributed by atoms with Gasteiger partial charge in [0.2, 0.25) is 17.8 Å². The Labute approximate surface area is 368 Å². The fraction of sp³-hybridized carbons (Fsp3) is 0.511. The van der Waals surface area contributed by atoms with Gasteiger partial charge in [-0.1, -0.05) is 12.8 Å². The maximum Gasteiger partial charge on any atom is 0.342 e. The molecule has 2 saturated heterocycles. The summed E-state index contributed by atoms with van der Waals surface area (Å²) in [4.78, 5) is 93.7. The van der Waals surface area contributed by atoms with E-state index >= 15 is 8.78 Å². The van der Waals surface area contributed by atoms with Gasteiger partial charge in [0.05, 0.1) is 36.7 Å². The third kappa shape index (κ3) is 8.09. The van der Waals surface area contributed by atoms with Gasteiger partial charge in [0.15, 0.2) is 5.82 Å². The Morgan fingerprint density at radius 1 is 0.969 bits per heavy atom. The molecule has 4 fully saturated rings. The molecule has 0 spiro atoms. The number of fused-ring (bicyclic) bond motifs is 2. The molecule has 6 aliphatic rings. The summed E-state index contributed by atoms with van der Waals surface area (Å²) in [5.74, 6) is -5.95. The average molecular weight is 883 g/mol. The number of hydrogen-bond acceptors (Lipinski definition) is 13. The van der Waals surface area contributed by atoms with E-state index in [4.69, 9.17) is 4.74 Å². The first-order chi connectivity index (χ1) is 30.7. The molecule has 2 saturated carbocycles. The van der Waals surface area contributed by atoms with Crippen molar-refractivity contribution in [3.63, 3.8) is 0 Å². The standard InChI is InChI=1S/C45H52F2N10O7/c1-53(23-25-14-16-55(17-15-25)29-9-10-31-32(21-29)42(62)57(41(31)61)34-12-13-37(58)51-40(34)60)30-19-27(20-30)49-39(59)26-8-11-33(36(18-26)64-3)50-44-48-22-35-38(52-44)56(28-6-4-5-7-28)24-45(46,47)43(63)54(35)2/h8-11,18,21-22,25,27-28,30,34H,4-7,12-17,19-20,23-24H2,1-3H3,(H,49,59)(H,48,50,52)(H,51,58,60). The monoisotopic (exact) mass is 882 g/mol. The van der Waals surface area contributed by atoms with Crippen molar-refractivity contribution in [2.75, 3.05) is 67.4 Å². The summed E-state index contributed by atoms with van der Waals surface area (Å²) < 4.78 is 35.7. The number of rotatable bonds is 11. The first-order valence-corrected chi connectivity index (χ1v) is 22.1. The van der Waals surface area contributed by atoms with Crippen LogP contribution in [0.2, 0.25) is 0 Å². The molecule has 1 unspecified atom stereocenters. The predicted molar refractivity (Wildman–Crippen MR) is 231 cm³/mol.